The highest BCUT2D eigenvalue weighted by Crippen LogP contribution is 2.53. The number of esters is 1. The van der Waals surface area contributed by atoms with Crippen LogP contribution in [0.25, 0.3) is 0 Å². The van der Waals surface area contributed by atoms with Crippen molar-refractivity contribution < 1.29 is 14.3 Å². The molecule has 4 rings (SSSR count). The van der Waals surface area contributed by atoms with E-state index < -0.39 is 11.4 Å². The molecule has 0 saturated carbocycles. The molecule has 1 aliphatic rings. The third-order valence-electron chi connectivity index (χ3n) is 5.11. The molecule has 4 nitrogen and oxygen atoms in total. The summed E-state index contributed by atoms with van der Waals surface area (Å²) in [4.78, 5) is 28.3. The number of carbonyl (C=O) groups excluding carboxylic acids is 2. The SMILES string of the molecule is CCN1C(=O)C(c2ccccc2)(c2ccccc2)c2csc(C(=O)OC)c21. The Hall–Kier alpha value is -2.92. The number of thiophene rings is 1. The van der Waals surface area contributed by atoms with Crippen molar-refractivity contribution in [2.75, 3.05) is 18.6 Å². The zero-order chi connectivity index (χ0) is 19.0. The monoisotopic (exact) mass is 377 g/mol. The fraction of sp³-hybridized carbons (Fsp3) is 0.182. The number of rotatable bonds is 4. The van der Waals surface area contributed by atoms with E-state index in [0.717, 1.165) is 16.7 Å². The van der Waals surface area contributed by atoms with E-state index >= 15 is 0 Å². The first kappa shape index (κ1) is 17.5. The number of nitrogens with zero attached hydrogens (tertiary/aromatic N) is 1. The summed E-state index contributed by atoms with van der Waals surface area (Å²) in [7, 11) is 1.36. The quantitative estimate of drug-likeness (QED) is 0.639. The van der Waals surface area contributed by atoms with Crippen LogP contribution < -0.4 is 4.90 Å². The minimum atomic E-state index is -0.962. The summed E-state index contributed by atoms with van der Waals surface area (Å²) in [5.74, 6) is -0.449. The molecule has 0 radical (unpaired) electrons. The molecule has 2 heterocycles. The van der Waals surface area contributed by atoms with E-state index in [-0.39, 0.29) is 5.91 Å². The Bertz CT molecular complexity index is 955. The van der Waals surface area contributed by atoms with Gasteiger partial charge in [-0.2, -0.15) is 0 Å². The normalized spacial score (nSPS) is 14.9. The zero-order valence-electron chi connectivity index (χ0n) is 15.1. The molecule has 0 saturated heterocycles. The Balaban J connectivity index is 2.09. The molecule has 0 atom stereocenters. The van der Waals surface area contributed by atoms with Crippen LogP contribution in [-0.2, 0) is 14.9 Å². The summed E-state index contributed by atoms with van der Waals surface area (Å²) >= 11 is 1.33. The highest BCUT2D eigenvalue weighted by atomic mass is 32.1. The van der Waals surface area contributed by atoms with Gasteiger partial charge in [0.1, 0.15) is 10.3 Å². The molecule has 5 heteroatoms. The molecule has 1 aliphatic heterocycles. The van der Waals surface area contributed by atoms with Gasteiger partial charge in [-0.3, -0.25) is 4.79 Å². The van der Waals surface area contributed by atoms with Gasteiger partial charge in [-0.25, -0.2) is 4.79 Å². The second kappa shape index (κ2) is 6.67. The number of hydrogen-bond donors (Lipinski definition) is 0. The summed E-state index contributed by atoms with van der Waals surface area (Å²) in [6.45, 7) is 2.40. The van der Waals surface area contributed by atoms with Crippen LogP contribution in [0.1, 0.15) is 33.3 Å². The zero-order valence-corrected chi connectivity index (χ0v) is 16.0. The second-order valence-corrected chi connectivity index (χ2v) is 7.23. The van der Waals surface area contributed by atoms with E-state index in [4.69, 9.17) is 4.74 Å². The predicted molar refractivity (Wildman–Crippen MR) is 106 cm³/mol. The Morgan fingerprint density at radius 2 is 1.59 bits per heavy atom. The van der Waals surface area contributed by atoms with E-state index in [0.29, 0.717) is 17.1 Å². The lowest BCUT2D eigenvalue weighted by Crippen LogP contribution is -2.42. The third kappa shape index (κ3) is 2.35. The molecule has 2 aromatic carbocycles. The van der Waals surface area contributed by atoms with E-state index in [1.54, 1.807) is 4.90 Å². The number of methoxy groups -OCH3 is 1. The van der Waals surface area contributed by atoms with Crippen molar-refractivity contribution in [2.24, 2.45) is 0 Å². The van der Waals surface area contributed by atoms with E-state index in [9.17, 15) is 9.59 Å². The molecule has 0 bridgehead atoms. The highest BCUT2D eigenvalue weighted by Gasteiger charge is 2.55. The summed E-state index contributed by atoms with van der Waals surface area (Å²) in [5, 5.41) is 1.93. The second-order valence-electron chi connectivity index (χ2n) is 6.35. The van der Waals surface area contributed by atoms with Gasteiger partial charge in [0.05, 0.1) is 12.8 Å². The maximum Gasteiger partial charge on any atom is 0.350 e. The van der Waals surface area contributed by atoms with Gasteiger partial charge in [0.15, 0.2) is 0 Å². The lowest BCUT2D eigenvalue weighted by atomic mass is 9.71. The topological polar surface area (TPSA) is 46.6 Å². The lowest BCUT2D eigenvalue weighted by Gasteiger charge is -2.30. The van der Waals surface area contributed by atoms with Crippen LogP contribution in [0.3, 0.4) is 0 Å². The van der Waals surface area contributed by atoms with E-state index in [2.05, 4.69) is 0 Å². The Kier molecular flexibility index (Phi) is 4.32. The fourth-order valence-corrected chi connectivity index (χ4v) is 4.98. The summed E-state index contributed by atoms with van der Waals surface area (Å²) in [5.41, 5.74) is 2.35. The molecule has 0 aliphatic carbocycles. The molecule has 0 fully saturated rings. The van der Waals surface area contributed by atoms with Crippen LogP contribution in [0.2, 0.25) is 0 Å². The van der Waals surface area contributed by atoms with Crippen molar-refractivity contribution in [1.29, 1.82) is 0 Å². The van der Waals surface area contributed by atoms with Crippen LogP contribution in [0, 0.1) is 0 Å². The molecule has 3 aromatic rings. The fourth-order valence-electron chi connectivity index (χ4n) is 3.95. The predicted octanol–water partition coefficient (Wildman–Crippen LogP) is 4.24. The van der Waals surface area contributed by atoms with Crippen molar-refractivity contribution in [1.82, 2.24) is 0 Å². The van der Waals surface area contributed by atoms with Gasteiger partial charge in [-0.05, 0) is 23.4 Å². The van der Waals surface area contributed by atoms with Crippen LogP contribution >= 0.6 is 11.3 Å². The van der Waals surface area contributed by atoms with Crippen LogP contribution in [-0.4, -0.2) is 25.5 Å². The summed E-state index contributed by atoms with van der Waals surface area (Å²) < 4.78 is 4.96. The summed E-state index contributed by atoms with van der Waals surface area (Å²) in [6, 6.07) is 19.5. The molecule has 27 heavy (non-hydrogen) atoms. The van der Waals surface area contributed by atoms with E-state index in [1.807, 2.05) is 73.0 Å². The van der Waals surface area contributed by atoms with Crippen LogP contribution in [0.5, 0.6) is 0 Å². The number of hydrogen-bond acceptors (Lipinski definition) is 4. The van der Waals surface area contributed by atoms with Gasteiger partial charge in [-0.1, -0.05) is 60.7 Å². The first-order valence-corrected chi connectivity index (χ1v) is 9.67. The minimum Gasteiger partial charge on any atom is -0.465 e. The molecule has 1 aromatic heterocycles. The van der Waals surface area contributed by atoms with Crippen molar-refractivity contribution >= 4 is 28.9 Å². The van der Waals surface area contributed by atoms with Gasteiger partial charge < -0.3 is 9.64 Å². The standard InChI is InChI=1S/C22H19NO3S/c1-3-23-18-17(14-27-19(18)20(24)26-2)22(21(23)25,15-10-6-4-7-11-15)16-12-8-5-9-13-16/h4-14H,3H2,1-2H3. The molecule has 136 valence electrons. The van der Waals surface area contributed by atoms with Crippen LogP contribution in [0.4, 0.5) is 5.69 Å². The number of amides is 1. The maximum atomic E-state index is 13.8. The molecular weight excluding hydrogens is 358 g/mol. The Morgan fingerprint density at radius 3 is 2.07 bits per heavy atom. The Morgan fingerprint density at radius 1 is 1.04 bits per heavy atom. The van der Waals surface area contributed by atoms with E-state index in [1.165, 1.54) is 18.4 Å². The maximum absolute atomic E-state index is 13.8. The molecule has 1 amide bonds. The van der Waals surface area contributed by atoms with Crippen molar-refractivity contribution in [3.8, 4) is 0 Å². The van der Waals surface area contributed by atoms with Gasteiger partial charge in [0, 0.05) is 12.1 Å². The molecule has 0 spiro atoms. The largest absolute Gasteiger partial charge is 0.465 e. The molecular formula is C22H19NO3S. The number of carbonyl (C=O) groups is 2. The van der Waals surface area contributed by atoms with Gasteiger partial charge in [0.2, 0.25) is 5.91 Å². The first-order chi connectivity index (χ1) is 13.2. The number of ether oxygens (including phenoxy) is 1. The van der Waals surface area contributed by atoms with Gasteiger partial charge >= 0.3 is 5.97 Å². The van der Waals surface area contributed by atoms with Gasteiger partial charge in [-0.15, -0.1) is 11.3 Å². The number of anilines is 1. The summed E-state index contributed by atoms with van der Waals surface area (Å²) in [6.07, 6.45) is 0. The number of benzene rings is 2. The average molecular weight is 377 g/mol. The molecule has 0 N–H and O–H groups in total. The smallest absolute Gasteiger partial charge is 0.350 e. The Labute approximate surface area is 162 Å². The molecule has 0 unspecified atom stereocenters. The average Bonchev–Trinajstić information content (AvgIpc) is 3.25. The third-order valence-corrected chi connectivity index (χ3v) is 6.05. The highest BCUT2D eigenvalue weighted by molar-refractivity contribution is 7.13. The van der Waals surface area contributed by atoms with Crippen LogP contribution in [0.15, 0.2) is 66.0 Å². The van der Waals surface area contributed by atoms with Crippen molar-refractivity contribution in [3.63, 3.8) is 0 Å². The first-order valence-electron chi connectivity index (χ1n) is 8.79. The van der Waals surface area contributed by atoms with Crippen molar-refractivity contribution in [3.05, 3.63) is 87.6 Å². The van der Waals surface area contributed by atoms with Crippen molar-refractivity contribution in [2.45, 2.75) is 12.3 Å². The van der Waals surface area contributed by atoms with Gasteiger partial charge in [0.25, 0.3) is 0 Å². The number of likely N-dealkylation sites (N-methyl/N-ethyl adjacent to an activating group) is 1. The minimum absolute atomic E-state index is 0.0367. The number of fused-ring (bicyclic) bond motifs is 1. The lowest BCUT2D eigenvalue weighted by molar-refractivity contribution is -0.120.